The number of aliphatic hydroxyl groups is 1. The molecule has 0 aliphatic heterocycles. The Morgan fingerprint density at radius 2 is 1.76 bits per heavy atom. The molecule has 0 aromatic rings. The molecule has 0 unspecified atom stereocenters. The van der Waals surface area contributed by atoms with E-state index in [-0.39, 0.29) is 6.04 Å². The minimum Gasteiger partial charge on any atom is -0.393 e. The van der Waals surface area contributed by atoms with Crippen molar-refractivity contribution in [3.63, 3.8) is 0 Å². The SMILES string of the molecule is CCC[C@@H](O)[C@H](CN(CCC)CCC)N=[N+]=[N-]. The molecule has 0 amide bonds. The summed E-state index contributed by atoms with van der Waals surface area (Å²) >= 11 is 0. The van der Waals surface area contributed by atoms with Gasteiger partial charge in [-0.15, -0.1) is 0 Å². The zero-order valence-corrected chi connectivity index (χ0v) is 11.3. The fraction of sp³-hybridized carbons (Fsp3) is 1.00. The Hall–Kier alpha value is -0.770. The van der Waals surface area contributed by atoms with E-state index in [1.54, 1.807) is 0 Å². The van der Waals surface area contributed by atoms with Crippen molar-refractivity contribution >= 4 is 0 Å². The van der Waals surface area contributed by atoms with Gasteiger partial charge in [-0.05, 0) is 37.9 Å². The zero-order valence-electron chi connectivity index (χ0n) is 11.3. The average molecular weight is 242 g/mol. The van der Waals surface area contributed by atoms with Crippen molar-refractivity contribution in [3.8, 4) is 0 Å². The zero-order chi connectivity index (χ0) is 13.1. The van der Waals surface area contributed by atoms with Gasteiger partial charge in [0.1, 0.15) is 0 Å². The van der Waals surface area contributed by atoms with E-state index in [0.29, 0.717) is 13.0 Å². The summed E-state index contributed by atoms with van der Waals surface area (Å²) in [6.07, 6.45) is 3.22. The maximum atomic E-state index is 9.93. The molecule has 0 bridgehead atoms. The molecule has 0 aromatic carbocycles. The van der Waals surface area contributed by atoms with Crippen LogP contribution in [0.1, 0.15) is 46.5 Å². The third-order valence-electron chi connectivity index (χ3n) is 2.75. The second kappa shape index (κ2) is 10.4. The highest BCUT2D eigenvalue weighted by Crippen LogP contribution is 2.09. The molecule has 0 aliphatic rings. The Morgan fingerprint density at radius 1 is 1.18 bits per heavy atom. The first kappa shape index (κ1) is 16.2. The summed E-state index contributed by atoms with van der Waals surface area (Å²) in [7, 11) is 0. The summed E-state index contributed by atoms with van der Waals surface area (Å²) < 4.78 is 0. The minimum atomic E-state index is -0.521. The highest BCUT2D eigenvalue weighted by Gasteiger charge is 2.19. The quantitative estimate of drug-likeness (QED) is 0.363. The van der Waals surface area contributed by atoms with Crippen LogP contribution in [-0.4, -0.2) is 41.8 Å². The molecule has 0 aromatic heterocycles. The largest absolute Gasteiger partial charge is 0.393 e. The predicted octanol–water partition coefficient (Wildman–Crippen LogP) is 2.95. The molecule has 1 N–H and O–H groups in total. The maximum absolute atomic E-state index is 9.93. The normalized spacial score (nSPS) is 14.4. The van der Waals surface area contributed by atoms with Crippen molar-refractivity contribution in [2.45, 2.75) is 58.6 Å². The number of hydrogen-bond donors (Lipinski definition) is 1. The molecule has 0 saturated carbocycles. The van der Waals surface area contributed by atoms with Gasteiger partial charge in [0.15, 0.2) is 0 Å². The number of hydrogen-bond acceptors (Lipinski definition) is 3. The minimum absolute atomic E-state index is 0.321. The van der Waals surface area contributed by atoms with Gasteiger partial charge in [-0.25, -0.2) is 0 Å². The third-order valence-corrected chi connectivity index (χ3v) is 2.75. The fourth-order valence-electron chi connectivity index (χ4n) is 1.98. The van der Waals surface area contributed by atoms with Crippen LogP contribution in [0.25, 0.3) is 10.4 Å². The standard InChI is InChI=1S/C12H26N4O/c1-4-7-12(17)11(14-15-13)10-16(8-5-2)9-6-3/h11-12,17H,4-10H2,1-3H3/t11-,12+/m0/s1. The molecule has 0 rings (SSSR count). The maximum Gasteiger partial charge on any atom is 0.0760 e. The molecule has 17 heavy (non-hydrogen) atoms. The van der Waals surface area contributed by atoms with Gasteiger partial charge in [0.25, 0.3) is 0 Å². The van der Waals surface area contributed by atoms with E-state index >= 15 is 0 Å². The summed E-state index contributed by atoms with van der Waals surface area (Å²) in [4.78, 5) is 5.11. The lowest BCUT2D eigenvalue weighted by molar-refractivity contribution is 0.109. The van der Waals surface area contributed by atoms with Gasteiger partial charge in [-0.1, -0.05) is 32.3 Å². The molecular weight excluding hydrogens is 216 g/mol. The van der Waals surface area contributed by atoms with E-state index in [1.807, 2.05) is 6.92 Å². The summed E-state index contributed by atoms with van der Waals surface area (Å²) in [5.74, 6) is 0. The molecule has 2 atom stereocenters. The number of nitrogens with zero attached hydrogens (tertiary/aromatic N) is 4. The fourth-order valence-corrected chi connectivity index (χ4v) is 1.98. The van der Waals surface area contributed by atoms with Crippen LogP contribution in [0.15, 0.2) is 5.11 Å². The van der Waals surface area contributed by atoms with Crippen molar-refractivity contribution in [1.29, 1.82) is 0 Å². The molecule has 0 heterocycles. The smallest absolute Gasteiger partial charge is 0.0760 e. The van der Waals surface area contributed by atoms with Crippen LogP contribution >= 0.6 is 0 Å². The Balaban J connectivity index is 4.41. The Morgan fingerprint density at radius 3 is 2.18 bits per heavy atom. The van der Waals surface area contributed by atoms with Crippen molar-refractivity contribution in [3.05, 3.63) is 10.4 Å². The second-order valence-electron chi connectivity index (χ2n) is 4.43. The highest BCUT2D eigenvalue weighted by atomic mass is 16.3. The molecule has 0 saturated heterocycles. The van der Waals surface area contributed by atoms with Gasteiger partial charge in [0.05, 0.1) is 12.1 Å². The monoisotopic (exact) mass is 242 g/mol. The Bertz CT molecular complexity index is 223. The highest BCUT2D eigenvalue weighted by molar-refractivity contribution is 4.79. The molecule has 0 radical (unpaired) electrons. The lowest BCUT2D eigenvalue weighted by Gasteiger charge is -2.27. The predicted molar refractivity (Wildman–Crippen MR) is 70.9 cm³/mol. The molecule has 5 nitrogen and oxygen atoms in total. The first-order valence-corrected chi connectivity index (χ1v) is 6.64. The summed E-state index contributed by atoms with van der Waals surface area (Å²) in [5, 5.41) is 13.7. The van der Waals surface area contributed by atoms with Crippen LogP contribution in [0.4, 0.5) is 0 Å². The van der Waals surface area contributed by atoms with E-state index < -0.39 is 6.10 Å². The number of azide groups is 1. The molecule has 0 spiro atoms. The van der Waals surface area contributed by atoms with Crippen molar-refractivity contribution in [2.24, 2.45) is 5.11 Å². The van der Waals surface area contributed by atoms with Crippen LogP contribution in [-0.2, 0) is 0 Å². The average Bonchev–Trinajstić information content (AvgIpc) is 2.29. The molecule has 100 valence electrons. The van der Waals surface area contributed by atoms with Crippen molar-refractivity contribution < 1.29 is 5.11 Å². The van der Waals surface area contributed by atoms with Gasteiger partial charge in [0, 0.05) is 11.5 Å². The van der Waals surface area contributed by atoms with Crippen LogP contribution in [0.3, 0.4) is 0 Å². The Labute approximate surface area is 104 Å². The van der Waals surface area contributed by atoms with Gasteiger partial charge in [-0.3, -0.25) is 0 Å². The first-order chi connectivity index (χ1) is 8.19. The summed E-state index contributed by atoms with van der Waals surface area (Å²) in [6, 6.07) is -0.321. The van der Waals surface area contributed by atoms with Crippen LogP contribution in [0.5, 0.6) is 0 Å². The first-order valence-electron chi connectivity index (χ1n) is 6.64. The van der Waals surface area contributed by atoms with E-state index in [1.165, 1.54) is 0 Å². The van der Waals surface area contributed by atoms with Gasteiger partial charge in [0.2, 0.25) is 0 Å². The number of aliphatic hydroxyl groups excluding tert-OH is 1. The van der Waals surface area contributed by atoms with E-state index in [0.717, 1.165) is 32.4 Å². The third kappa shape index (κ3) is 7.21. The molecule has 0 fully saturated rings. The van der Waals surface area contributed by atoms with E-state index in [9.17, 15) is 5.11 Å². The lowest BCUT2D eigenvalue weighted by Crippen LogP contribution is -2.38. The van der Waals surface area contributed by atoms with E-state index in [2.05, 4.69) is 28.8 Å². The Kier molecular flexibility index (Phi) is 9.92. The topological polar surface area (TPSA) is 72.2 Å². The number of rotatable bonds is 10. The molecule has 0 aliphatic carbocycles. The van der Waals surface area contributed by atoms with Crippen LogP contribution in [0, 0.1) is 0 Å². The summed E-state index contributed by atoms with van der Waals surface area (Å²) in [6.45, 7) is 8.93. The second-order valence-corrected chi connectivity index (χ2v) is 4.43. The van der Waals surface area contributed by atoms with Crippen molar-refractivity contribution in [2.75, 3.05) is 19.6 Å². The summed E-state index contributed by atoms with van der Waals surface area (Å²) in [5.41, 5.74) is 8.56. The van der Waals surface area contributed by atoms with Gasteiger partial charge < -0.3 is 10.0 Å². The van der Waals surface area contributed by atoms with Gasteiger partial charge in [-0.2, -0.15) is 0 Å². The van der Waals surface area contributed by atoms with Crippen LogP contribution in [0.2, 0.25) is 0 Å². The lowest BCUT2D eigenvalue weighted by atomic mass is 10.1. The molecular formula is C12H26N4O. The van der Waals surface area contributed by atoms with Crippen LogP contribution < -0.4 is 0 Å². The van der Waals surface area contributed by atoms with Crippen molar-refractivity contribution in [1.82, 2.24) is 4.90 Å². The molecule has 5 heteroatoms. The van der Waals surface area contributed by atoms with E-state index in [4.69, 9.17) is 5.53 Å². The van der Waals surface area contributed by atoms with Gasteiger partial charge >= 0.3 is 0 Å².